The maximum Gasteiger partial charge on any atom is 0.133 e. The number of unbranched alkanes of at least 4 members (excludes halogenated alkanes) is 1. The van der Waals surface area contributed by atoms with Crippen LogP contribution in [0.15, 0.2) is 22.7 Å². The SMILES string of the molecule is CCCCC(N)(CC)Cc1ccc(OC)c(Br)c1. The van der Waals surface area contributed by atoms with Crippen LogP contribution in [-0.2, 0) is 6.42 Å². The molecule has 0 aliphatic heterocycles. The lowest BCUT2D eigenvalue weighted by atomic mass is 9.84. The third-order valence-corrected chi connectivity index (χ3v) is 4.12. The van der Waals surface area contributed by atoms with Crippen LogP contribution < -0.4 is 10.5 Å². The van der Waals surface area contributed by atoms with Crippen LogP contribution in [0.1, 0.15) is 45.1 Å². The molecule has 18 heavy (non-hydrogen) atoms. The first-order valence-electron chi connectivity index (χ1n) is 6.66. The molecule has 1 unspecified atom stereocenters. The fourth-order valence-corrected chi connectivity index (χ4v) is 2.73. The predicted octanol–water partition coefficient (Wildman–Crippen LogP) is 4.30. The molecule has 1 aromatic carbocycles. The molecule has 0 saturated carbocycles. The van der Waals surface area contributed by atoms with Gasteiger partial charge in [0.1, 0.15) is 5.75 Å². The first-order chi connectivity index (χ1) is 8.54. The van der Waals surface area contributed by atoms with Crippen molar-refractivity contribution in [3.63, 3.8) is 0 Å². The minimum Gasteiger partial charge on any atom is -0.496 e. The normalized spacial score (nSPS) is 14.3. The molecule has 3 heteroatoms. The highest BCUT2D eigenvalue weighted by atomic mass is 79.9. The zero-order valence-electron chi connectivity index (χ0n) is 11.6. The molecule has 1 rings (SSSR count). The van der Waals surface area contributed by atoms with E-state index in [1.165, 1.54) is 18.4 Å². The summed E-state index contributed by atoms with van der Waals surface area (Å²) in [5.74, 6) is 0.867. The maximum absolute atomic E-state index is 6.49. The van der Waals surface area contributed by atoms with Crippen LogP contribution >= 0.6 is 15.9 Å². The minimum absolute atomic E-state index is 0.0793. The molecule has 1 atom stereocenters. The van der Waals surface area contributed by atoms with Gasteiger partial charge in [-0.2, -0.15) is 0 Å². The van der Waals surface area contributed by atoms with Gasteiger partial charge in [0.25, 0.3) is 0 Å². The van der Waals surface area contributed by atoms with Crippen molar-refractivity contribution in [2.24, 2.45) is 5.73 Å². The number of halogens is 1. The summed E-state index contributed by atoms with van der Waals surface area (Å²) in [6, 6.07) is 6.21. The molecule has 2 nitrogen and oxygen atoms in total. The van der Waals surface area contributed by atoms with Crippen LogP contribution in [0.2, 0.25) is 0 Å². The molecule has 0 aromatic heterocycles. The Balaban J connectivity index is 2.78. The molecule has 0 fully saturated rings. The van der Waals surface area contributed by atoms with Gasteiger partial charge >= 0.3 is 0 Å². The highest BCUT2D eigenvalue weighted by molar-refractivity contribution is 9.10. The summed E-state index contributed by atoms with van der Waals surface area (Å²) in [6.45, 7) is 4.38. The molecular weight excluding hydrogens is 290 g/mol. The van der Waals surface area contributed by atoms with Gasteiger partial charge in [0.2, 0.25) is 0 Å². The van der Waals surface area contributed by atoms with E-state index in [-0.39, 0.29) is 5.54 Å². The summed E-state index contributed by atoms with van der Waals surface area (Å²) in [7, 11) is 1.68. The molecule has 0 heterocycles. The fraction of sp³-hybridized carbons (Fsp3) is 0.600. The monoisotopic (exact) mass is 313 g/mol. The second-order valence-corrected chi connectivity index (χ2v) is 5.82. The Morgan fingerprint density at radius 1 is 1.33 bits per heavy atom. The number of nitrogens with two attached hydrogens (primary N) is 1. The predicted molar refractivity (Wildman–Crippen MR) is 81.1 cm³/mol. The average molecular weight is 314 g/mol. The summed E-state index contributed by atoms with van der Waals surface area (Å²) >= 11 is 3.52. The zero-order chi connectivity index (χ0) is 13.6. The van der Waals surface area contributed by atoms with E-state index >= 15 is 0 Å². The van der Waals surface area contributed by atoms with E-state index in [2.05, 4.69) is 41.9 Å². The summed E-state index contributed by atoms with van der Waals surface area (Å²) in [6.07, 6.45) is 5.42. The van der Waals surface area contributed by atoms with Gasteiger partial charge in [-0.25, -0.2) is 0 Å². The Morgan fingerprint density at radius 2 is 2.06 bits per heavy atom. The molecule has 102 valence electrons. The maximum atomic E-state index is 6.49. The summed E-state index contributed by atoms with van der Waals surface area (Å²) in [5.41, 5.74) is 7.68. The molecule has 0 amide bonds. The van der Waals surface area contributed by atoms with Crippen LogP contribution in [0.4, 0.5) is 0 Å². The van der Waals surface area contributed by atoms with Crippen molar-refractivity contribution < 1.29 is 4.74 Å². The summed E-state index contributed by atoms with van der Waals surface area (Å²) < 4.78 is 6.24. The van der Waals surface area contributed by atoms with Gasteiger partial charge in [0, 0.05) is 5.54 Å². The molecule has 0 saturated heterocycles. The smallest absolute Gasteiger partial charge is 0.133 e. The van der Waals surface area contributed by atoms with Gasteiger partial charge < -0.3 is 10.5 Å². The third kappa shape index (κ3) is 4.29. The van der Waals surface area contributed by atoms with E-state index in [0.29, 0.717) is 0 Å². The molecule has 0 bridgehead atoms. The summed E-state index contributed by atoms with van der Waals surface area (Å²) in [5, 5.41) is 0. The Labute approximate surface area is 119 Å². The molecule has 0 radical (unpaired) electrons. The Kier molecular flexibility index (Phi) is 6.16. The van der Waals surface area contributed by atoms with E-state index < -0.39 is 0 Å². The lowest BCUT2D eigenvalue weighted by Gasteiger charge is -2.28. The average Bonchev–Trinajstić information content (AvgIpc) is 2.37. The van der Waals surface area contributed by atoms with Crippen molar-refractivity contribution in [3.8, 4) is 5.75 Å². The number of methoxy groups -OCH3 is 1. The topological polar surface area (TPSA) is 35.2 Å². The van der Waals surface area contributed by atoms with E-state index in [4.69, 9.17) is 10.5 Å². The van der Waals surface area contributed by atoms with Gasteiger partial charge in [-0.15, -0.1) is 0 Å². The van der Waals surface area contributed by atoms with E-state index in [1.54, 1.807) is 7.11 Å². The third-order valence-electron chi connectivity index (χ3n) is 3.50. The van der Waals surface area contributed by atoms with Crippen LogP contribution in [0.5, 0.6) is 5.75 Å². The van der Waals surface area contributed by atoms with Crippen LogP contribution in [0.3, 0.4) is 0 Å². The molecule has 0 aliphatic carbocycles. The van der Waals surface area contributed by atoms with E-state index in [1.807, 2.05) is 6.07 Å². The van der Waals surface area contributed by atoms with Crippen LogP contribution in [-0.4, -0.2) is 12.6 Å². The number of ether oxygens (including phenoxy) is 1. The van der Waals surface area contributed by atoms with Crippen LogP contribution in [0.25, 0.3) is 0 Å². The zero-order valence-corrected chi connectivity index (χ0v) is 13.2. The van der Waals surface area contributed by atoms with Gasteiger partial charge in [-0.1, -0.05) is 32.8 Å². The molecular formula is C15H24BrNO. The van der Waals surface area contributed by atoms with Crippen LogP contribution in [0, 0.1) is 0 Å². The second kappa shape index (κ2) is 7.15. The van der Waals surface area contributed by atoms with Gasteiger partial charge in [-0.3, -0.25) is 0 Å². The van der Waals surface area contributed by atoms with E-state index in [9.17, 15) is 0 Å². The van der Waals surface area contributed by atoms with Gasteiger partial charge in [0.05, 0.1) is 11.6 Å². The lowest BCUT2D eigenvalue weighted by molar-refractivity contribution is 0.364. The summed E-state index contributed by atoms with van der Waals surface area (Å²) in [4.78, 5) is 0. The Bertz CT molecular complexity index is 381. The first-order valence-corrected chi connectivity index (χ1v) is 7.45. The highest BCUT2D eigenvalue weighted by Gasteiger charge is 2.22. The van der Waals surface area contributed by atoms with Gasteiger partial charge in [-0.05, 0) is 52.9 Å². The quantitative estimate of drug-likeness (QED) is 0.814. The number of benzene rings is 1. The lowest BCUT2D eigenvalue weighted by Crippen LogP contribution is -2.41. The molecule has 0 aliphatic rings. The van der Waals surface area contributed by atoms with Crippen molar-refractivity contribution in [1.29, 1.82) is 0 Å². The standard InChI is InChI=1S/C15H24BrNO/c1-4-6-9-15(17,5-2)11-12-7-8-14(18-3)13(16)10-12/h7-8,10H,4-6,9,11,17H2,1-3H3. The number of hydrogen-bond acceptors (Lipinski definition) is 2. The first kappa shape index (κ1) is 15.5. The van der Waals surface area contributed by atoms with Crippen molar-refractivity contribution in [3.05, 3.63) is 28.2 Å². The minimum atomic E-state index is -0.0793. The second-order valence-electron chi connectivity index (χ2n) is 4.97. The number of hydrogen-bond donors (Lipinski definition) is 1. The number of rotatable bonds is 7. The molecule has 0 spiro atoms. The Hall–Kier alpha value is -0.540. The van der Waals surface area contributed by atoms with Crippen molar-refractivity contribution >= 4 is 15.9 Å². The largest absolute Gasteiger partial charge is 0.496 e. The van der Waals surface area contributed by atoms with Crippen molar-refractivity contribution in [2.75, 3.05) is 7.11 Å². The van der Waals surface area contributed by atoms with Gasteiger partial charge in [0.15, 0.2) is 0 Å². The highest BCUT2D eigenvalue weighted by Crippen LogP contribution is 2.28. The fourth-order valence-electron chi connectivity index (χ4n) is 2.15. The van der Waals surface area contributed by atoms with E-state index in [0.717, 1.165) is 29.5 Å². The molecule has 1 aromatic rings. The van der Waals surface area contributed by atoms with Crippen molar-refractivity contribution in [2.45, 2.75) is 51.5 Å². The Morgan fingerprint density at radius 3 is 2.56 bits per heavy atom. The molecule has 2 N–H and O–H groups in total. The van der Waals surface area contributed by atoms with Crippen molar-refractivity contribution in [1.82, 2.24) is 0 Å².